The molecule has 1 heterocycles. The number of fused-ring (bicyclic) bond motifs is 1. The number of thioether (sulfide) groups is 1. The Balaban J connectivity index is 1.30. The summed E-state index contributed by atoms with van der Waals surface area (Å²) in [4.78, 5) is 29.0. The lowest BCUT2D eigenvalue weighted by Gasteiger charge is -2.10. The van der Waals surface area contributed by atoms with Crippen LogP contribution >= 0.6 is 11.8 Å². The number of carbonyl (C=O) groups excluding carboxylic acids is 2. The van der Waals surface area contributed by atoms with Gasteiger partial charge < -0.3 is 19.4 Å². The smallest absolute Gasteiger partial charge is 0.316 e. The molecule has 0 aliphatic rings. The molecule has 174 valence electrons. The normalized spacial score (nSPS) is 10.7. The molecule has 0 aliphatic carbocycles. The first kappa shape index (κ1) is 23.4. The van der Waals surface area contributed by atoms with Gasteiger partial charge in [0.05, 0.1) is 30.4 Å². The van der Waals surface area contributed by atoms with Crippen LogP contribution in [0.4, 0.5) is 0 Å². The Morgan fingerprint density at radius 3 is 2.56 bits per heavy atom. The van der Waals surface area contributed by atoms with Gasteiger partial charge in [0.2, 0.25) is 0 Å². The summed E-state index contributed by atoms with van der Waals surface area (Å²) >= 11 is 1.30. The van der Waals surface area contributed by atoms with Gasteiger partial charge in [0, 0.05) is 6.54 Å². The topological polar surface area (TPSA) is 82.4 Å². The molecule has 34 heavy (non-hydrogen) atoms. The van der Waals surface area contributed by atoms with Crippen LogP contribution in [0.25, 0.3) is 11.0 Å². The van der Waals surface area contributed by atoms with Crippen molar-refractivity contribution in [1.82, 2.24) is 14.9 Å². The van der Waals surface area contributed by atoms with E-state index >= 15 is 0 Å². The second-order valence-corrected chi connectivity index (χ2v) is 8.47. The van der Waals surface area contributed by atoms with Crippen LogP contribution in [0.15, 0.2) is 84.0 Å². The van der Waals surface area contributed by atoms with E-state index in [9.17, 15) is 9.59 Å². The van der Waals surface area contributed by atoms with Gasteiger partial charge in [-0.15, -0.1) is 0 Å². The van der Waals surface area contributed by atoms with E-state index in [2.05, 4.69) is 27.0 Å². The van der Waals surface area contributed by atoms with E-state index in [4.69, 9.17) is 9.47 Å². The fraction of sp³-hybridized carbons (Fsp3) is 0.192. The number of hydrogen-bond acceptors (Lipinski definition) is 6. The summed E-state index contributed by atoms with van der Waals surface area (Å²) in [5, 5.41) is 3.46. The minimum atomic E-state index is -0.472. The highest BCUT2D eigenvalue weighted by molar-refractivity contribution is 7.99. The number of nitrogens with one attached hydrogen (secondary N) is 1. The van der Waals surface area contributed by atoms with Crippen molar-refractivity contribution in [3.05, 3.63) is 90.0 Å². The second kappa shape index (κ2) is 11.4. The number of amides is 1. The number of carbonyl (C=O) groups is 2. The lowest BCUT2D eigenvalue weighted by Crippen LogP contribution is -2.28. The van der Waals surface area contributed by atoms with Gasteiger partial charge in [-0.1, -0.05) is 66.4 Å². The van der Waals surface area contributed by atoms with Crippen molar-refractivity contribution < 1.29 is 19.1 Å². The minimum Gasteiger partial charge on any atom is -0.497 e. The van der Waals surface area contributed by atoms with Crippen molar-refractivity contribution in [3.63, 3.8) is 0 Å². The van der Waals surface area contributed by atoms with Gasteiger partial charge in [0.15, 0.2) is 11.8 Å². The fourth-order valence-electron chi connectivity index (χ4n) is 3.43. The van der Waals surface area contributed by atoms with Gasteiger partial charge in [0.25, 0.3) is 5.91 Å². The number of imidazole rings is 1. The van der Waals surface area contributed by atoms with Gasteiger partial charge in [-0.3, -0.25) is 9.59 Å². The predicted octanol–water partition coefficient (Wildman–Crippen LogP) is 4.04. The van der Waals surface area contributed by atoms with Crippen LogP contribution in [0.1, 0.15) is 11.1 Å². The number of hydrogen-bond donors (Lipinski definition) is 1. The van der Waals surface area contributed by atoms with Crippen molar-refractivity contribution in [1.29, 1.82) is 0 Å². The number of para-hydroxylation sites is 2. The molecule has 4 rings (SSSR count). The summed E-state index contributed by atoms with van der Waals surface area (Å²) in [6, 6.07) is 25.4. The van der Waals surface area contributed by atoms with Gasteiger partial charge in [-0.05, 0) is 35.4 Å². The Kier molecular flexibility index (Phi) is 7.83. The van der Waals surface area contributed by atoms with Crippen molar-refractivity contribution in [3.8, 4) is 5.75 Å². The van der Waals surface area contributed by atoms with E-state index < -0.39 is 5.97 Å². The highest BCUT2D eigenvalue weighted by atomic mass is 32.2. The van der Waals surface area contributed by atoms with E-state index in [0.717, 1.165) is 27.3 Å². The molecule has 0 aliphatic heterocycles. The largest absolute Gasteiger partial charge is 0.497 e. The summed E-state index contributed by atoms with van der Waals surface area (Å²) in [7, 11) is 1.59. The van der Waals surface area contributed by atoms with Gasteiger partial charge in [0.1, 0.15) is 5.75 Å². The SMILES string of the molecule is COc1cccc(CNC(=O)COC(=O)CSc2nc3ccccc3n2Cc2ccccc2)c1. The number of aromatic nitrogens is 2. The number of methoxy groups -OCH3 is 1. The van der Waals surface area contributed by atoms with Crippen LogP contribution in [-0.2, 0) is 27.4 Å². The molecule has 1 aromatic heterocycles. The average Bonchev–Trinajstić information content (AvgIpc) is 3.23. The maximum absolute atomic E-state index is 12.3. The third-order valence-corrected chi connectivity index (χ3v) is 6.06. The molecule has 1 N–H and O–H groups in total. The fourth-order valence-corrected chi connectivity index (χ4v) is 4.24. The van der Waals surface area contributed by atoms with Gasteiger partial charge >= 0.3 is 5.97 Å². The summed E-state index contributed by atoms with van der Waals surface area (Å²) in [5.74, 6) is -0.0628. The van der Waals surface area contributed by atoms with E-state index in [0.29, 0.717) is 18.8 Å². The van der Waals surface area contributed by atoms with Crippen molar-refractivity contribution in [2.45, 2.75) is 18.2 Å². The Labute approximate surface area is 202 Å². The number of nitrogens with zero attached hydrogens (tertiary/aromatic N) is 2. The van der Waals surface area contributed by atoms with Gasteiger partial charge in [-0.2, -0.15) is 0 Å². The Morgan fingerprint density at radius 1 is 0.971 bits per heavy atom. The molecule has 1 amide bonds. The monoisotopic (exact) mass is 475 g/mol. The number of rotatable bonds is 10. The molecule has 0 radical (unpaired) electrons. The Morgan fingerprint density at radius 2 is 1.74 bits per heavy atom. The van der Waals surface area contributed by atoms with E-state index in [-0.39, 0.29) is 18.3 Å². The zero-order valence-corrected chi connectivity index (χ0v) is 19.6. The summed E-state index contributed by atoms with van der Waals surface area (Å²) in [6.45, 7) is 0.640. The first-order valence-corrected chi connectivity index (χ1v) is 11.8. The van der Waals surface area contributed by atoms with Crippen molar-refractivity contribution in [2.75, 3.05) is 19.5 Å². The molecule has 8 heteroatoms. The van der Waals surface area contributed by atoms with E-state index in [1.165, 1.54) is 11.8 Å². The highest BCUT2D eigenvalue weighted by Gasteiger charge is 2.15. The van der Waals surface area contributed by atoms with Crippen LogP contribution in [0.3, 0.4) is 0 Å². The molecule has 0 fully saturated rings. The first-order valence-electron chi connectivity index (χ1n) is 10.8. The molecule has 0 atom stereocenters. The number of benzene rings is 3. The minimum absolute atomic E-state index is 0.0568. The summed E-state index contributed by atoms with van der Waals surface area (Å²) in [5.41, 5.74) is 3.90. The predicted molar refractivity (Wildman–Crippen MR) is 132 cm³/mol. The summed E-state index contributed by atoms with van der Waals surface area (Å²) in [6.07, 6.45) is 0. The first-order chi connectivity index (χ1) is 16.6. The molecule has 0 saturated heterocycles. The molecule has 0 spiro atoms. The van der Waals surface area contributed by atoms with Gasteiger partial charge in [-0.25, -0.2) is 4.98 Å². The molecular weight excluding hydrogens is 450 g/mol. The van der Waals surface area contributed by atoms with Crippen LogP contribution in [0.5, 0.6) is 5.75 Å². The average molecular weight is 476 g/mol. The molecule has 0 saturated carbocycles. The standard InChI is InChI=1S/C26H25N3O4S/c1-32-21-11-7-10-20(14-21)15-27-24(30)17-33-25(31)18-34-26-28-22-12-5-6-13-23(22)29(26)16-19-8-3-2-4-9-19/h2-14H,15-18H2,1H3,(H,27,30). The quantitative estimate of drug-likeness (QED) is 0.275. The summed E-state index contributed by atoms with van der Waals surface area (Å²) < 4.78 is 12.4. The molecule has 7 nitrogen and oxygen atoms in total. The molecular formula is C26H25N3O4S. The van der Waals surface area contributed by atoms with E-state index in [1.54, 1.807) is 7.11 Å². The molecule has 0 unspecified atom stereocenters. The van der Waals surface area contributed by atoms with Crippen molar-refractivity contribution >= 4 is 34.7 Å². The third kappa shape index (κ3) is 6.17. The zero-order valence-electron chi connectivity index (χ0n) is 18.8. The Bertz CT molecular complexity index is 1270. The van der Waals surface area contributed by atoms with Crippen LogP contribution in [0.2, 0.25) is 0 Å². The van der Waals surface area contributed by atoms with E-state index in [1.807, 2.05) is 66.7 Å². The zero-order chi connectivity index (χ0) is 23.8. The number of ether oxygens (including phenoxy) is 2. The maximum Gasteiger partial charge on any atom is 0.316 e. The van der Waals surface area contributed by atoms with Crippen molar-refractivity contribution in [2.24, 2.45) is 0 Å². The molecule has 0 bridgehead atoms. The number of esters is 1. The second-order valence-electron chi connectivity index (χ2n) is 7.53. The van der Waals surface area contributed by atoms with Crippen LogP contribution in [-0.4, -0.2) is 40.9 Å². The third-order valence-electron chi connectivity index (χ3n) is 5.11. The van der Waals surface area contributed by atoms with Crippen LogP contribution in [0, 0.1) is 0 Å². The van der Waals surface area contributed by atoms with Crippen LogP contribution < -0.4 is 10.1 Å². The lowest BCUT2D eigenvalue weighted by atomic mass is 10.2. The molecule has 4 aromatic rings. The Hall–Kier alpha value is -3.78. The maximum atomic E-state index is 12.3. The lowest BCUT2D eigenvalue weighted by molar-refractivity contribution is -0.145. The molecule has 3 aromatic carbocycles. The highest BCUT2D eigenvalue weighted by Crippen LogP contribution is 2.25.